The molecule has 0 aliphatic carbocycles. The molecule has 0 spiro atoms. The number of hydrogen-bond donors (Lipinski definition) is 1. The molecule has 0 saturated carbocycles. The Morgan fingerprint density at radius 2 is 2.20 bits per heavy atom. The maximum absolute atomic E-state index is 10.7. The van der Waals surface area contributed by atoms with Gasteiger partial charge in [0.15, 0.2) is 0 Å². The van der Waals surface area contributed by atoms with E-state index in [0.29, 0.717) is 10.0 Å². The van der Waals surface area contributed by atoms with Crippen molar-refractivity contribution in [3.05, 3.63) is 33.8 Å². The van der Waals surface area contributed by atoms with Crippen molar-refractivity contribution in [2.75, 3.05) is 0 Å². The third-order valence-electron chi connectivity index (χ3n) is 1.54. The van der Waals surface area contributed by atoms with Gasteiger partial charge < -0.3 is 5.11 Å². The minimum Gasteiger partial charge on any atom is -0.478 e. The molecule has 0 heterocycles. The Kier molecular flexibility index (Phi) is 3.91. The second kappa shape index (κ2) is 5.19. The Balaban J connectivity index is 3.07. The van der Waals surface area contributed by atoms with Gasteiger partial charge in [0.2, 0.25) is 0 Å². The standard InChI is InChI=1S/C11H6BrNO2/c12-10-6-8(3-1-2-4-13)5-9(7-10)11(14)15/h5-7H,2H2,(H,14,15). The molecule has 1 N–H and O–H groups in total. The summed E-state index contributed by atoms with van der Waals surface area (Å²) in [6, 6.07) is 6.56. The van der Waals surface area contributed by atoms with Gasteiger partial charge in [-0.15, -0.1) is 0 Å². The highest BCUT2D eigenvalue weighted by Gasteiger charge is 2.04. The Morgan fingerprint density at radius 1 is 1.47 bits per heavy atom. The Hall–Kier alpha value is -1.78. The number of halogens is 1. The van der Waals surface area contributed by atoms with Crippen molar-refractivity contribution in [1.82, 2.24) is 0 Å². The molecule has 74 valence electrons. The summed E-state index contributed by atoms with van der Waals surface area (Å²) in [7, 11) is 0. The number of carbonyl (C=O) groups is 1. The van der Waals surface area contributed by atoms with Crippen LogP contribution in [0.1, 0.15) is 22.3 Å². The number of benzene rings is 1. The average Bonchev–Trinajstić information content (AvgIpc) is 2.17. The number of hydrogen-bond acceptors (Lipinski definition) is 2. The highest BCUT2D eigenvalue weighted by atomic mass is 79.9. The molecule has 0 saturated heterocycles. The van der Waals surface area contributed by atoms with Crippen molar-refractivity contribution in [3.8, 4) is 17.9 Å². The summed E-state index contributed by atoms with van der Waals surface area (Å²) in [4.78, 5) is 10.7. The number of rotatable bonds is 1. The lowest BCUT2D eigenvalue weighted by Gasteiger charge is -1.97. The van der Waals surface area contributed by atoms with Gasteiger partial charge in [-0.1, -0.05) is 27.8 Å². The highest BCUT2D eigenvalue weighted by Crippen LogP contribution is 2.15. The first-order valence-corrected chi connectivity index (χ1v) is 4.82. The van der Waals surface area contributed by atoms with E-state index in [1.165, 1.54) is 12.1 Å². The van der Waals surface area contributed by atoms with Gasteiger partial charge in [0.25, 0.3) is 0 Å². The van der Waals surface area contributed by atoms with Gasteiger partial charge in [0.05, 0.1) is 18.1 Å². The Bertz CT molecular complexity index is 492. The maximum atomic E-state index is 10.7. The topological polar surface area (TPSA) is 61.1 Å². The van der Waals surface area contributed by atoms with E-state index in [2.05, 4.69) is 27.8 Å². The van der Waals surface area contributed by atoms with Crippen LogP contribution in [0.25, 0.3) is 0 Å². The normalized spacial score (nSPS) is 8.53. The lowest BCUT2D eigenvalue weighted by molar-refractivity contribution is 0.0697. The van der Waals surface area contributed by atoms with Gasteiger partial charge >= 0.3 is 5.97 Å². The molecule has 4 heteroatoms. The lowest BCUT2D eigenvalue weighted by Crippen LogP contribution is -1.96. The molecule has 0 bridgehead atoms. The van der Waals surface area contributed by atoms with Gasteiger partial charge in [-0.2, -0.15) is 5.26 Å². The molecule has 0 radical (unpaired) electrons. The second-order valence-electron chi connectivity index (χ2n) is 2.67. The van der Waals surface area contributed by atoms with Crippen LogP contribution in [0, 0.1) is 23.2 Å². The summed E-state index contributed by atoms with van der Waals surface area (Å²) in [6.45, 7) is 0. The molecular weight excluding hydrogens is 258 g/mol. The van der Waals surface area contributed by atoms with Crippen LogP contribution in [0.15, 0.2) is 22.7 Å². The van der Waals surface area contributed by atoms with Crippen LogP contribution in [0.2, 0.25) is 0 Å². The molecular formula is C11H6BrNO2. The molecule has 1 aromatic carbocycles. The number of nitrogens with zero attached hydrogens (tertiary/aromatic N) is 1. The minimum atomic E-state index is -1.00. The number of carboxylic acid groups (broad SMARTS) is 1. The number of nitriles is 1. The van der Waals surface area contributed by atoms with Crippen LogP contribution < -0.4 is 0 Å². The van der Waals surface area contributed by atoms with Crippen molar-refractivity contribution in [2.24, 2.45) is 0 Å². The Labute approximate surface area is 95.5 Å². The fourth-order valence-electron chi connectivity index (χ4n) is 0.971. The van der Waals surface area contributed by atoms with Crippen LogP contribution in [0.3, 0.4) is 0 Å². The van der Waals surface area contributed by atoms with E-state index in [1.807, 2.05) is 6.07 Å². The molecule has 0 aromatic heterocycles. The molecule has 1 aromatic rings. The molecule has 3 nitrogen and oxygen atoms in total. The van der Waals surface area contributed by atoms with Crippen molar-refractivity contribution in [3.63, 3.8) is 0 Å². The summed E-state index contributed by atoms with van der Waals surface area (Å²) in [5.74, 6) is 4.34. The first-order chi connectivity index (χ1) is 7.13. The van der Waals surface area contributed by atoms with E-state index in [9.17, 15) is 4.79 Å². The molecule has 0 unspecified atom stereocenters. The fraction of sp³-hybridized carbons (Fsp3) is 0.0909. The molecule has 0 aliphatic heterocycles. The number of aromatic carboxylic acids is 1. The molecule has 0 amide bonds. The van der Waals surface area contributed by atoms with Gasteiger partial charge in [-0.25, -0.2) is 4.79 Å². The van der Waals surface area contributed by atoms with Gasteiger partial charge in [0.1, 0.15) is 0 Å². The van der Waals surface area contributed by atoms with Crippen LogP contribution in [0.4, 0.5) is 0 Å². The van der Waals surface area contributed by atoms with Crippen molar-refractivity contribution >= 4 is 21.9 Å². The fourth-order valence-corrected chi connectivity index (χ4v) is 1.46. The monoisotopic (exact) mass is 263 g/mol. The van der Waals surface area contributed by atoms with Crippen LogP contribution in [-0.2, 0) is 0 Å². The van der Waals surface area contributed by atoms with Gasteiger partial charge in [0, 0.05) is 10.0 Å². The predicted octanol–water partition coefficient (Wildman–Crippen LogP) is 2.41. The summed E-state index contributed by atoms with van der Waals surface area (Å²) in [5.41, 5.74) is 0.752. The quantitative estimate of drug-likeness (QED) is 0.792. The molecule has 0 atom stereocenters. The average molecular weight is 264 g/mol. The smallest absolute Gasteiger partial charge is 0.335 e. The zero-order chi connectivity index (χ0) is 11.3. The van der Waals surface area contributed by atoms with Gasteiger partial charge in [-0.05, 0) is 18.2 Å². The van der Waals surface area contributed by atoms with Crippen LogP contribution in [0.5, 0.6) is 0 Å². The largest absolute Gasteiger partial charge is 0.478 e. The summed E-state index contributed by atoms with van der Waals surface area (Å²) >= 11 is 3.19. The summed E-state index contributed by atoms with van der Waals surface area (Å²) < 4.78 is 0.656. The van der Waals surface area contributed by atoms with Crippen molar-refractivity contribution in [1.29, 1.82) is 5.26 Å². The van der Waals surface area contributed by atoms with Gasteiger partial charge in [-0.3, -0.25) is 0 Å². The molecule has 15 heavy (non-hydrogen) atoms. The van der Waals surface area contributed by atoms with Crippen molar-refractivity contribution in [2.45, 2.75) is 6.42 Å². The third-order valence-corrected chi connectivity index (χ3v) is 2.00. The van der Waals surface area contributed by atoms with Crippen LogP contribution >= 0.6 is 15.9 Å². The van der Waals surface area contributed by atoms with Crippen LogP contribution in [-0.4, -0.2) is 11.1 Å². The lowest BCUT2D eigenvalue weighted by atomic mass is 10.1. The zero-order valence-electron chi connectivity index (χ0n) is 7.62. The molecule has 1 rings (SSSR count). The predicted molar refractivity (Wildman–Crippen MR) is 58.2 cm³/mol. The molecule has 0 fully saturated rings. The SMILES string of the molecule is N#CCC#Cc1cc(Br)cc(C(=O)O)c1. The minimum absolute atomic E-state index is 0.134. The van der Waals surface area contributed by atoms with E-state index in [0.717, 1.165) is 0 Å². The maximum Gasteiger partial charge on any atom is 0.335 e. The first-order valence-electron chi connectivity index (χ1n) is 4.03. The van der Waals surface area contributed by atoms with E-state index < -0.39 is 5.97 Å². The Morgan fingerprint density at radius 3 is 2.80 bits per heavy atom. The van der Waals surface area contributed by atoms with E-state index in [-0.39, 0.29) is 12.0 Å². The van der Waals surface area contributed by atoms with Crippen molar-refractivity contribution < 1.29 is 9.90 Å². The van der Waals surface area contributed by atoms with E-state index in [1.54, 1.807) is 6.07 Å². The molecule has 0 aliphatic rings. The first kappa shape index (κ1) is 11.3. The summed E-state index contributed by atoms with van der Waals surface area (Å²) in [6.07, 6.45) is 0.134. The number of carboxylic acids is 1. The van der Waals surface area contributed by atoms with E-state index in [4.69, 9.17) is 10.4 Å². The third kappa shape index (κ3) is 3.46. The summed E-state index contributed by atoms with van der Waals surface area (Å²) in [5, 5.41) is 17.1. The van der Waals surface area contributed by atoms with E-state index >= 15 is 0 Å². The highest BCUT2D eigenvalue weighted by molar-refractivity contribution is 9.10. The zero-order valence-corrected chi connectivity index (χ0v) is 9.21. The second-order valence-corrected chi connectivity index (χ2v) is 3.59.